The third-order valence-electron chi connectivity index (χ3n) is 6.03. The topological polar surface area (TPSA) is 86.7 Å². The molecule has 0 radical (unpaired) electrons. The van der Waals surface area contributed by atoms with E-state index in [-0.39, 0.29) is 4.90 Å². The first-order valence-corrected chi connectivity index (χ1v) is 16.1. The van der Waals surface area contributed by atoms with Crippen molar-refractivity contribution >= 4 is 50.7 Å². The highest BCUT2D eigenvalue weighted by atomic mass is 35.5. The lowest BCUT2D eigenvalue weighted by Gasteiger charge is -2.26. The zero-order valence-electron chi connectivity index (χ0n) is 20.5. The van der Waals surface area contributed by atoms with E-state index in [9.17, 15) is 8.42 Å². The molecular formula is C24H36ClN5O2S3. The highest BCUT2D eigenvalue weighted by molar-refractivity contribution is 7.98. The van der Waals surface area contributed by atoms with Crippen LogP contribution in [0.1, 0.15) is 43.8 Å². The average Bonchev–Trinajstić information content (AvgIpc) is 3.26. The zero-order chi connectivity index (χ0) is 25.1. The van der Waals surface area contributed by atoms with Gasteiger partial charge < -0.3 is 15.5 Å². The molecule has 1 fully saturated rings. The summed E-state index contributed by atoms with van der Waals surface area (Å²) in [6.45, 7) is 8.90. The normalized spacial score (nSPS) is 14.8. The van der Waals surface area contributed by atoms with Crippen molar-refractivity contribution in [1.82, 2.24) is 20.5 Å². The highest BCUT2D eigenvalue weighted by Gasteiger charge is 2.19. The molecule has 1 saturated carbocycles. The molecule has 0 spiro atoms. The lowest BCUT2D eigenvalue weighted by Crippen LogP contribution is -2.42. The van der Waals surface area contributed by atoms with Crippen LogP contribution in [-0.4, -0.2) is 62.7 Å². The molecule has 0 aliphatic heterocycles. The Hall–Kier alpha value is -1.33. The molecule has 35 heavy (non-hydrogen) atoms. The molecule has 0 unspecified atom stereocenters. The number of guanidine groups is 1. The molecule has 2 N–H and O–H groups in total. The van der Waals surface area contributed by atoms with Gasteiger partial charge in [0.25, 0.3) is 10.0 Å². The van der Waals surface area contributed by atoms with Gasteiger partial charge in [0.05, 0.1) is 15.6 Å². The summed E-state index contributed by atoms with van der Waals surface area (Å²) in [7, 11) is -3.83. The summed E-state index contributed by atoms with van der Waals surface area (Å²) in [5.74, 6) is 2.54. The lowest BCUT2D eigenvalue weighted by molar-refractivity contribution is 0.308. The van der Waals surface area contributed by atoms with Crippen molar-refractivity contribution in [2.75, 3.05) is 38.5 Å². The third-order valence-corrected chi connectivity index (χ3v) is 9.52. The number of hydrogen-bond donors (Lipinski definition) is 2. The predicted molar refractivity (Wildman–Crippen MR) is 149 cm³/mol. The molecule has 2 aromatic rings. The molecule has 194 valence electrons. The Bertz CT molecular complexity index is 1040. The number of aromatic nitrogens is 1. The Kier molecular flexibility index (Phi) is 11.6. The molecule has 0 bridgehead atoms. The van der Waals surface area contributed by atoms with E-state index >= 15 is 0 Å². The van der Waals surface area contributed by atoms with Gasteiger partial charge in [0.15, 0.2) is 0 Å². The Morgan fingerprint density at radius 3 is 2.63 bits per heavy atom. The predicted octanol–water partition coefficient (Wildman–Crippen LogP) is 4.64. The highest BCUT2D eigenvalue weighted by Crippen LogP contribution is 2.25. The molecule has 7 nitrogen and oxygen atoms in total. The number of sulfonamides is 1. The maximum absolute atomic E-state index is 12.8. The number of benzene rings is 1. The van der Waals surface area contributed by atoms with Crippen molar-refractivity contribution in [1.29, 1.82) is 0 Å². The van der Waals surface area contributed by atoms with E-state index in [1.54, 1.807) is 35.2 Å². The number of halogens is 1. The van der Waals surface area contributed by atoms with E-state index in [0.29, 0.717) is 23.4 Å². The molecule has 1 heterocycles. The van der Waals surface area contributed by atoms with Gasteiger partial charge in [0.1, 0.15) is 0 Å². The Labute approximate surface area is 223 Å². The SMILES string of the molecule is CCN(CC)CCc1nc(CSCCNC(=NS(=O)(=O)c2ccc(Cl)cc2)NCC2CCC2)cs1. The third kappa shape index (κ3) is 9.57. The van der Waals surface area contributed by atoms with E-state index in [1.165, 1.54) is 36.4 Å². The standard InChI is InChI=1S/C24H36ClN5O2S3/c1-3-30(4-2)14-12-23-28-21(18-34-23)17-33-15-13-26-24(27-16-19-6-5-7-19)29-35(31,32)22-10-8-20(25)9-11-22/h8-11,18-19H,3-7,12-17H2,1-2H3,(H2,26,27,29). The number of thioether (sulfide) groups is 1. The van der Waals surface area contributed by atoms with Crippen molar-refractivity contribution in [3.63, 3.8) is 0 Å². The smallest absolute Gasteiger partial charge is 0.285 e. The first-order chi connectivity index (χ1) is 16.9. The fraction of sp³-hybridized carbons (Fsp3) is 0.583. The minimum atomic E-state index is -3.83. The molecule has 3 rings (SSSR count). The van der Waals surface area contributed by atoms with E-state index in [2.05, 4.69) is 39.2 Å². The molecule has 1 aliphatic carbocycles. The zero-order valence-corrected chi connectivity index (χ0v) is 23.7. The monoisotopic (exact) mass is 557 g/mol. The molecule has 1 aromatic heterocycles. The summed E-state index contributed by atoms with van der Waals surface area (Å²) in [6, 6.07) is 6.07. The van der Waals surface area contributed by atoms with Gasteiger partial charge in [0, 0.05) is 48.0 Å². The van der Waals surface area contributed by atoms with Crippen LogP contribution in [0.3, 0.4) is 0 Å². The number of rotatable bonds is 14. The van der Waals surface area contributed by atoms with Crippen molar-refractivity contribution in [2.45, 2.75) is 50.2 Å². The second kappa shape index (κ2) is 14.4. The number of thiazole rings is 1. The Morgan fingerprint density at radius 1 is 1.23 bits per heavy atom. The van der Waals surface area contributed by atoms with Crippen molar-refractivity contribution in [3.05, 3.63) is 45.4 Å². The molecular weight excluding hydrogens is 522 g/mol. The minimum absolute atomic E-state index is 0.126. The van der Waals surface area contributed by atoms with Crippen LogP contribution in [0.2, 0.25) is 5.02 Å². The van der Waals surface area contributed by atoms with E-state index in [1.807, 2.05) is 0 Å². The molecule has 0 saturated heterocycles. The van der Waals surface area contributed by atoms with Crippen LogP contribution in [0.25, 0.3) is 0 Å². The molecule has 1 aromatic carbocycles. The van der Waals surface area contributed by atoms with Gasteiger partial charge >= 0.3 is 0 Å². The molecule has 1 aliphatic rings. The van der Waals surface area contributed by atoms with Gasteiger partial charge in [-0.15, -0.1) is 15.7 Å². The fourth-order valence-electron chi connectivity index (χ4n) is 3.59. The van der Waals surface area contributed by atoms with Gasteiger partial charge in [-0.2, -0.15) is 20.2 Å². The summed E-state index contributed by atoms with van der Waals surface area (Å²) in [6.07, 6.45) is 4.57. The largest absolute Gasteiger partial charge is 0.355 e. The van der Waals surface area contributed by atoms with E-state index < -0.39 is 10.0 Å². The first kappa shape index (κ1) is 28.2. The number of likely N-dealkylation sites (N-methyl/N-ethyl adjacent to an activating group) is 1. The van der Waals surface area contributed by atoms with Gasteiger partial charge in [-0.1, -0.05) is 31.9 Å². The lowest BCUT2D eigenvalue weighted by atomic mass is 9.85. The maximum Gasteiger partial charge on any atom is 0.285 e. The maximum atomic E-state index is 12.8. The van der Waals surface area contributed by atoms with Crippen LogP contribution in [0.4, 0.5) is 0 Å². The van der Waals surface area contributed by atoms with Crippen LogP contribution >= 0.6 is 34.7 Å². The number of nitrogens with one attached hydrogen (secondary N) is 2. The summed E-state index contributed by atoms with van der Waals surface area (Å²) in [5.41, 5.74) is 1.11. The second-order valence-electron chi connectivity index (χ2n) is 8.54. The summed E-state index contributed by atoms with van der Waals surface area (Å²) in [5, 5.41) is 10.2. The van der Waals surface area contributed by atoms with Crippen molar-refractivity contribution < 1.29 is 8.42 Å². The quantitative estimate of drug-likeness (QED) is 0.199. The van der Waals surface area contributed by atoms with E-state index in [4.69, 9.17) is 16.6 Å². The Balaban J connectivity index is 1.48. The van der Waals surface area contributed by atoms with E-state index in [0.717, 1.165) is 49.8 Å². The fourth-order valence-corrected chi connectivity index (χ4v) is 6.31. The first-order valence-electron chi connectivity index (χ1n) is 12.2. The molecule has 0 atom stereocenters. The van der Waals surface area contributed by atoms with Crippen molar-refractivity contribution in [2.24, 2.45) is 10.3 Å². The summed E-state index contributed by atoms with van der Waals surface area (Å²) >= 11 is 9.40. The molecule has 0 amide bonds. The summed E-state index contributed by atoms with van der Waals surface area (Å²) in [4.78, 5) is 7.30. The van der Waals surface area contributed by atoms with Crippen LogP contribution in [0.15, 0.2) is 38.9 Å². The van der Waals surface area contributed by atoms with Gasteiger partial charge in [0.2, 0.25) is 5.96 Å². The van der Waals surface area contributed by atoms with Gasteiger partial charge in [-0.25, -0.2) is 4.98 Å². The minimum Gasteiger partial charge on any atom is -0.355 e. The van der Waals surface area contributed by atoms with Crippen molar-refractivity contribution in [3.8, 4) is 0 Å². The van der Waals surface area contributed by atoms with Gasteiger partial charge in [-0.05, 0) is 56.1 Å². The van der Waals surface area contributed by atoms with Crippen LogP contribution in [-0.2, 0) is 22.2 Å². The van der Waals surface area contributed by atoms with Gasteiger partial charge in [-0.3, -0.25) is 0 Å². The average molecular weight is 558 g/mol. The second-order valence-corrected chi connectivity index (χ2v) is 12.6. The molecule has 11 heteroatoms. The Morgan fingerprint density at radius 2 is 1.97 bits per heavy atom. The van der Waals surface area contributed by atoms with Crippen LogP contribution in [0, 0.1) is 5.92 Å². The number of nitrogens with zero attached hydrogens (tertiary/aromatic N) is 3. The van der Waals surface area contributed by atoms with Crippen LogP contribution in [0.5, 0.6) is 0 Å². The summed E-state index contributed by atoms with van der Waals surface area (Å²) < 4.78 is 29.6. The van der Waals surface area contributed by atoms with Crippen LogP contribution < -0.4 is 10.6 Å². The number of hydrogen-bond acceptors (Lipinski definition) is 6.